The van der Waals surface area contributed by atoms with Crippen LogP contribution < -0.4 is 21.3 Å². The Balaban J connectivity index is 0.000000165. The van der Waals surface area contributed by atoms with Gasteiger partial charge >= 0.3 is 18.2 Å². The Kier molecular flexibility index (Phi) is 21.1. The van der Waals surface area contributed by atoms with Gasteiger partial charge in [0.05, 0.1) is 13.1 Å². The molecule has 5 N–H and O–H groups in total. The summed E-state index contributed by atoms with van der Waals surface area (Å²) in [7, 11) is 3.69. The first-order valence-electron chi connectivity index (χ1n) is 30.8. The van der Waals surface area contributed by atoms with E-state index in [1.54, 1.807) is 50.2 Å². The number of pyridine rings is 3. The summed E-state index contributed by atoms with van der Waals surface area (Å²) >= 11 is 0. The number of hydrogen-bond acceptors (Lipinski definition) is 14. The van der Waals surface area contributed by atoms with Crippen molar-refractivity contribution in [1.29, 1.82) is 0 Å². The van der Waals surface area contributed by atoms with Gasteiger partial charge in [-0.25, -0.2) is 29.3 Å². The molecule has 476 valence electrons. The molecule has 0 saturated carbocycles. The molecule has 0 saturated heterocycles. The second-order valence-corrected chi connectivity index (χ2v) is 25.3. The zero-order valence-electron chi connectivity index (χ0n) is 53.2. The molecule has 0 fully saturated rings. The summed E-state index contributed by atoms with van der Waals surface area (Å²) in [5.41, 5.74) is 12.2. The van der Waals surface area contributed by atoms with Crippen LogP contribution in [-0.4, -0.2) is 134 Å². The quantitative estimate of drug-likeness (QED) is 0.0803. The predicted molar refractivity (Wildman–Crippen MR) is 361 cm³/mol. The van der Waals surface area contributed by atoms with Crippen molar-refractivity contribution in [2.45, 2.75) is 111 Å². The summed E-state index contributed by atoms with van der Waals surface area (Å²) in [6.07, 6.45) is 18.2. The molecule has 0 radical (unpaired) electrons. The first-order valence-corrected chi connectivity index (χ1v) is 30.8. The number of likely N-dealkylation sites (N-methyl/N-ethyl adjacent to an activating group) is 2. The molecule has 7 aromatic rings. The zero-order chi connectivity index (χ0) is 63.7. The lowest BCUT2D eigenvalue weighted by molar-refractivity contribution is -0.131. The van der Waals surface area contributed by atoms with E-state index in [0.717, 1.165) is 96.4 Å². The number of carbonyl (C=O) groups is 5. The molecule has 3 aliphatic heterocycles. The average molecular weight is 1250 g/mol. The molecule has 19 nitrogen and oxygen atoms in total. The van der Waals surface area contributed by atoms with Crippen LogP contribution in [0.1, 0.15) is 108 Å². The number of hydrogen-bond donors (Lipinski definition) is 5. The van der Waals surface area contributed by atoms with E-state index >= 15 is 0 Å². The number of rotatable bonds is 10. The van der Waals surface area contributed by atoms with Crippen molar-refractivity contribution in [3.8, 4) is 0 Å². The molecule has 0 bridgehead atoms. The highest BCUT2D eigenvalue weighted by atomic mass is 35.5. The van der Waals surface area contributed by atoms with Crippen LogP contribution in [0.5, 0.6) is 0 Å². The number of aromatic nitrogens is 3. The number of amides is 4. The van der Waals surface area contributed by atoms with Crippen LogP contribution in [0.25, 0.3) is 39.8 Å². The number of halogens is 1. The minimum absolute atomic E-state index is 0. The highest BCUT2D eigenvalue weighted by Crippen LogP contribution is 2.35. The normalized spacial score (nSPS) is 14.8. The number of carboxylic acids is 1. The summed E-state index contributed by atoms with van der Waals surface area (Å²) in [4.78, 5) is 81.3. The predicted octanol–water partition coefficient (Wildman–Crippen LogP) is 11.5. The van der Waals surface area contributed by atoms with Crippen molar-refractivity contribution >= 4 is 99.6 Å². The number of fused-ring (bicyclic) bond motifs is 3. The second kappa shape index (κ2) is 29.1. The summed E-state index contributed by atoms with van der Waals surface area (Å²) in [6, 6.07) is 27.6. The van der Waals surface area contributed by atoms with E-state index in [9.17, 15) is 24.0 Å². The Labute approximate surface area is 538 Å². The van der Waals surface area contributed by atoms with Gasteiger partial charge in [0.25, 0.3) is 0 Å². The average Bonchev–Trinajstić information content (AvgIpc) is 1.76. The van der Waals surface area contributed by atoms with Crippen LogP contribution in [0, 0.1) is 0 Å². The molecular formula is C71H82ClN11O8. The van der Waals surface area contributed by atoms with Crippen LogP contribution >= 0.6 is 12.4 Å². The smallest absolute Gasteiger partial charge is 0.410 e. The number of ether oxygens (including phenoxy) is 2. The Hall–Kier alpha value is -9.33. The van der Waals surface area contributed by atoms with E-state index in [4.69, 9.17) is 14.6 Å². The maximum atomic E-state index is 13.0. The Morgan fingerprint density at radius 1 is 0.527 bits per heavy atom. The van der Waals surface area contributed by atoms with Crippen LogP contribution in [0.15, 0.2) is 116 Å². The third kappa shape index (κ3) is 17.1. The summed E-state index contributed by atoms with van der Waals surface area (Å²) in [6.45, 7) is 17.7. The topological polar surface area (TPSA) is 224 Å². The molecule has 12 rings (SSSR count). The number of benzene rings is 4. The van der Waals surface area contributed by atoms with Crippen LogP contribution in [0.2, 0.25) is 0 Å². The highest BCUT2D eigenvalue weighted by Gasteiger charge is 2.27. The first-order chi connectivity index (χ1) is 43.1. The lowest BCUT2D eigenvalue weighted by atomic mass is 9.99. The van der Waals surface area contributed by atoms with E-state index < -0.39 is 17.2 Å². The van der Waals surface area contributed by atoms with Gasteiger partial charge in [-0.2, -0.15) is 0 Å². The Bertz CT molecular complexity index is 3940. The summed E-state index contributed by atoms with van der Waals surface area (Å²) in [5, 5.41) is 27.1. The fourth-order valence-corrected chi connectivity index (χ4v) is 11.7. The molecular weight excluding hydrogens is 1170 g/mol. The van der Waals surface area contributed by atoms with Gasteiger partial charge in [-0.05, 0) is 175 Å². The summed E-state index contributed by atoms with van der Waals surface area (Å²) < 4.78 is 11.0. The van der Waals surface area contributed by atoms with Gasteiger partial charge in [0.15, 0.2) is 0 Å². The monoisotopic (exact) mass is 1250 g/mol. The fraction of sp³-hybridized carbons (Fsp3) is 0.352. The van der Waals surface area contributed by atoms with Crippen molar-refractivity contribution in [3.63, 3.8) is 0 Å². The van der Waals surface area contributed by atoms with Gasteiger partial charge in [-0.3, -0.25) is 9.59 Å². The van der Waals surface area contributed by atoms with E-state index in [2.05, 4.69) is 103 Å². The lowest BCUT2D eigenvalue weighted by Crippen LogP contribution is -2.37. The maximum absolute atomic E-state index is 13.0. The highest BCUT2D eigenvalue weighted by molar-refractivity contribution is 5.96. The Morgan fingerprint density at radius 3 is 1.35 bits per heavy atom. The molecule has 3 aromatic heterocycles. The third-order valence-electron chi connectivity index (χ3n) is 16.0. The van der Waals surface area contributed by atoms with Crippen molar-refractivity contribution in [2.24, 2.45) is 0 Å². The third-order valence-corrected chi connectivity index (χ3v) is 16.0. The first kappa shape index (κ1) is 66.1. The van der Waals surface area contributed by atoms with Gasteiger partial charge in [0, 0.05) is 127 Å². The number of nitrogens with one attached hydrogen (secondary N) is 4. The van der Waals surface area contributed by atoms with Gasteiger partial charge in [0.1, 0.15) is 28.7 Å². The SMILES string of the molecule is CC(C)(C)OC(=O)N1CCNc2ncc(/C=C/C(=O)O)cc2C1.CN(Cc1ccc2c3c(cccc13)CC2)C(=O)/C=C/c1cnc2c(c1)CN(C(=O)OC(C)(C)C)CCN2.CN(Cc1ccc2c3c(cccc13)CC2)C(=O)/C=C/c1cnc2c(c1)CNCCN2.Cl. The molecule has 4 aromatic carbocycles. The van der Waals surface area contributed by atoms with E-state index in [-0.39, 0.29) is 36.4 Å². The van der Waals surface area contributed by atoms with Crippen molar-refractivity contribution in [3.05, 3.63) is 182 Å². The molecule has 4 amide bonds. The maximum Gasteiger partial charge on any atom is 0.410 e. The minimum atomic E-state index is -1.02. The van der Waals surface area contributed by atoms with Crippen molar-refractivity contribution < 1.29 is 38.6 Å². The van der Waals surface area contributed by atoms with Gasteiger partial charge in [-0.1, -0.05) is 60.7 Å². The van der Waals surface area contributed by atoms with Crippen molar-refractivity contribution in [2.75, 3.05) is 69.3 Å². The lowest BCUT2D eigenvalue weighted by Gasteiger charge is -2.26. The molecule has 6 heterocycles. The van der Waals surface area contributed by atoms with Crippen LogP contribution in [-0.2, 0) is 82.3 Å². The molecule has 0 unspecified atom stereocenters. The van der Waals surface area contributed by atoms with Gasteiger partial charge in [-0.15, -0.1) is 12.4 Å². The van der Waals surface area contributed by atoms with Crippen LogP contribution in [0.3, 0.4) is 0 Å². The molecule has 0 atom stereocenters. The number of aryl methyl sites for hydroxylation is 4. The van der Waals surface area contributed by atoms with Crippen molar-refractivity contribution in [1.82, 2.24) is 39.9 Å². The van der Waals surface area contributed by atoms with E-state index in [0.29, 0.717) is 63.7 Å². The molecule has 0 spiro atoms. The largest absolute Gasteiger partial charge is 0.478 e. The summed E-state index contributed by atoms with van der Waals surface area (Å²) in [5.74, 6) is 1.26. The molecule has 91 heavy (non-hydrogen) atoms. The standard InChI is InChI=1S/C30H34N4O3.C25H26N4O.C16H21N3O4.ClH/c1-30(2,3)37-29(36)34-15-14-31-28-24(19-34)16-20(17-32-28)8-13-26(35)33(4)18-23-12-11-22-10-9-21-6-5-7-25(23)27(21)22;1-29(16-20-9-8-19-7-6-18-3-2-4-22(20)24(18)19)23(30)10-5-17-13-21-15-26-11-12-27-25(21)28-14-17;1-16(2,3)23-15(22)19-7-6-17-14-12(10-19)8-11(9-18-14)4-5-13(20)21;/h5-8,11-13,16-17H,9-10,14-15,18-19H2,1-4H3,(H,31,32);2-5,8-10,13-14,26H,6-7,11-12,15-16H2,1H3,(H,27,28);4-5,8-9H,6-7,10H2,1-3H3,(H,17,18)(H,20,21);1H/b13-8+;10-5+;5-4+;. The van der Waals surface area contributed by atoms with E-state index in [1.165, 1.54) is 55.4 Å². The molecule has 20 heteroatoms. The number of nitrogens with zero attached hydrogens (tertiary/aromatic N) is 7. The number of anilines is 3. The Morgan fingerprint density at radius 2 is 0.923 bits per heavy atom. The number of aliphatic carboxylic acids is 1. The number of carbonyl (C=O) groups excluding carboxylic acids is 4. The second-order valence-electron chi connectivity index (χ2n) is 25.3. The van der Waals surface area contributed by atoms with E-state index in [1.807, 2.05) is 80.0 Å². The molecule has 5 aliphatic rings. The molecule has 2 aliphatic carbocycles. The van der Waals surface area contributed by atoms with Crippen LogP contribution in [0.4, 0.5) is 27.0 Å². The zero-order valence-corrected chi connectivity index (χ0v) is 54.0. The minimum Gasteiger partial charge on any atom is -0.478 e. The van der Waals surface area contributed by atoms with Gasteiger partial charge in [0.2, 0.25) is 11.8 Å². The fourth-order valence-electron chi connectivity index (χ4n) is 11.7. The van der Waals surface area contributed by atoms with Gasteiger partial charge < -0.3 is 55.4 Å². The number of carboxylic acid groups (broad SMARTS) is 1.